The second-order valence-corrected chi connectivity index (χ2v) is 7.54. The highest BCUT2D eigenvalue weighted by Gasteiger charge is 2.45. The van der Waals surface area contributed by atoms with Gasteiger partial charge in [0, 0.05) is 11.6 Å². The number of carbonyl (C=O) groups is 2. The minimum atomic E-state index is -0.605. The van der Waals surface area contributed by atoms with Crippen molar-refractivity contribution in [1.82, 2.24) is 5.32 Å². The second kappa shape index (κ2) is 9.22. The Morgan fingerprint density at radius 1 is 1.21 bits per heavy atom. The number of hydrogen-bond acceptors (Lipinski definition) is 3. The molecule has 5 nitrogen and oxygen atoms in total. The van der Waals surface area contributed by atoms with Crippen molar-refractivity contribution in [2.24, 2.45) is 5.41 Å². The molecule has 1 fully saturated rings. The number of halogens is 1. The van der Waals surface area contributed by atoms with E-state index in [1.54, 1.807) is 6.07 Å². The van der Waals surface area contributed by atoms with Crippen LogP contribution in [0.4, 0.5) is 5.69 Å². The Morgan fingerprint density at radius 3 is 2.50 bits per heavy atom. The van der Waals surface area contributed by atoms with Crippen molar-refractivity contribution in [3.05, 3.63) is 64.7 Å². The van der Waals surface area contributed by atoms with Crippen LogP contribution in [0.5, 0.6) is 0 Å². The van der Waals surface area contributed by atoms with E-state index in [2.05, 4.69) is 12.2 Å². The standard InChI is InChI=1S/C22H25ClN2O3/c1-2-17-8-10-19(11-9-17)25(16-26)28-15-22(12-5-13-22)21(27)24-14-18-6-3-4-7-20(18)23/h3-4,6-11,16H,2,5,12-15H2,1H3,(H,24,27). The average molecular weight is 401 g/mol. The fraction of sp³-hybridized carbons (Fsp3) is 0.364. The fourth-order valence-electron chi connectivity index (χ4n) is 3.28. The number of carbonyl (C=O) groups excluding carboxylic acids is 2. The summed E-state index contributed by atoms with van der Waals surface area (Å²) < 4.78 is 0. The van der Waals surface area contributed by atoms with Gasteiger partial charge in [-0.15, -0.1) is 0 Å². The van der Waals surface area contributed by atoms with E-state index in [1.165, 1.54) is 10.6 Å². The number of hydroxylamine groups is 1. The lowest BCUT2D eigenvalue weighted by atomic mass is 9.68. The predicted molar refractivity (Wildman–Crippen MR) is 110 cm³/mol. The van der Waals surface area contributed by atoms with E-state index in [0.717, 1.165) is 31.2 Å². The molecule has 0 unspecified atom stereocenters. The molecule has 1 aliphatic rings. The van der Waals surface area contributed by atoms with Crippen LogP contribution in [-0.4, -0.2) is 18.9 Å². The number of nitrogens with one attached hydrogen (secondary N) is 1. The third-order valence-electron chi connectivity index (χ3n) is 5.36. The van der Waals surface area contributed by atoms with Crippen molar-refractivity contribution in [2.75, 3.05) is 11.7 Å². The summed E-state index contributed by atoms with van der Waals surface area (Å²) in [4.78, 5) is 30.0. The van der Waals surface area contributed by atoms with Gasteiger partial charge in [-0.2, -0.15) is 5.06 Å². The lowest BCUT2D eigenvalue weighted by molar-refractivity contribution is -0.143. The number of aryl methyl sites for hydroxylation is 1. The molecule has 0 bridgehead atoms. The largest absolute Gasteiger partial charge is 0.351 e. The van der Waals surface area contributed by atoms with Gasteiger partial charge in [0.1, 0.15) is 0 Å². The van der Waals surface area contributed by atoms with E-state index < -0.39 is 5.41 Å². The number of rotatable bonds is 9. The first-order chi connectivity index (χ1) is 13.6. The summed E-state index contributed by atoms with van der Waals surface area (Å²) in [6.45, 7) is 2.61. The molecule has 0 aromatic heterocycles. The first-order valence-corrected chi connectivity index (χ1v) is 9.94. The van der Waals surface area contributed by atoms with Gasteiger partial charge in [-0.25, -0.2) is 0 Å². The predicted octanol–water partition coefficient (Wildman–Crippen LogP) is 4.28. The lowest BCUT2D eigenvalue weighted by Gasteiger charge is -2.40. The summed E-state index contributed by atoms with van der Waals surface area (Å²) >= 11 is 6.16. The topological polar surface area (TPSA) is 58.6 Å². The molecule has 6 heteroatoms. The van der Waals surface area contributed by atoms with Crippen molar-refractivity contribution in [1.29, 1.82) is 0 Å². The molecule has 0 spiro atoms. The molecular weight excluding hydrogens is 376 g/mol. The van der Waals surface area contributed by atoms with Crippen molar-refractivity contribution < 1.29 is 14.4 Å². The Bertz CT molecular complexity index is 819. The van der Waals surface area contributed by atoms with Gasteiger partial charge in [-0.3, -0.25) is 14.4 Å². The Hall–Kier alpha value is -2.37. The SMILES string of the molecule is CCc1ccc(N(C=O)OCC2(C(=O)NCc3ccccc3Cl)CCC2)cc1. The van der Waals surface area contributed by atoms with Crippen LogP contribution in [0.2, 0.25) is 5.02 Å². The molecule has 0 radical (unpaired) electrons. The summed E-state index contributed by atoms with van der Waals surface area (Å²) in [5.41, 5.74) is 2.10. The minimum Gasteiger partial charge on any atom is -0.351 e. The van der Waals surface area contributed by atoms with E-state index in [1.807, 2.05) is 42.5 Å². The highest BCUT2D eigenvalue weighted by molar-refractivity contribution is 6.31. The van der Waals surface area contributed by atoms with Crippen molar-refractivity contribution in [3.8, 4) is 0 Å². The van der Waals surface area contributed by atoms with Crippen molar-refractivity contribution >= 4 is 29.6 Å². The van der Waals surface area contributed by atoms with Crippen LogP contribution in [0.3, 0.4) is 0 Å². The zero-order valence-electron chi connectivity index (χ0n) is 16.0. The van der Waals surface area contributed by atoms with Gasteiger partial charge in [-0.05, 0) is 48.6 Å². The molecule has 0 saturated heterocycles. The molecule has 1 N–H and O–H groups in total. The maximum absolute atomic E-state index is 12.8. The van der Waals surface area contributed by atoms with Crippen molar-refractivity contribution in [3.63, 3.8) is 0 Å². The number of nitrogens with zero attached hydrogens (tertiary/aromatic N) is 1. The van der Waals surface area contributed by atoms with Crippen LogP contribution in [-0.2, 0) is 27.4 Å². The molecule has 1 aliphatic carbocycles. The maximum Gasteiger partial charge on any atom is 0.238 e. The Labute approximate surface area is 170 Å². The van der Waals surface area contributed by atoms with Crippen molar-refractivity contribution in [2.45, 2.75) is 39.2 Å². The monoisotopic (exact) mass is 400 g/mol. The number of anilines is 1. The summed E-state index contributed by atoms with van der Waals surface area (Å²) in [6.07, 6.45) is 4.01. The molecule has 0 heterocycles. The van der Waals surface area contributed by atoms with E-state index in [0.29, 0.717) is 23.7 Å². The molecule has 148 valence electrons. The zero-order chi connectivity index (χ0) is 20.0. The van der Waals surface area contributed by atoms with Gasteiger partial charge < -0.3 is 5.32 Å². The smallest absolute Gasteiger partial charge is 0.238 e. The van der Waals surface area contributed by atoms with E-state index in [9.17, 15) is 9.59 Å². The molecule has 28 heavy (non-hydrogen) atoms. The average Bonchev–Trinajstić information content (AvgIpc) is 2.69. The summed E-state index contributed by atoms with van der Waals surface area (Å²) in [6, 6.07) is 15.1. The molecule has 0 atom stereocenters. The van der Waals surface area contributed by atoms with Crippen LogP contribution in [0, 0.1) is 5.41 Å². The first kappa shape index (κ1) is 20.4. The highest BCUT2D eigenvalue weighted by atomic mass is 35.5. The Balaban J connectivity index is 1.60. The van der Waals surface area contributed by atoms with Gasteiger partial charge in [0.2, 0.25) is 12.3 Å². The summed E-state index contributed by atoms with van der Waals surface area (Å²) in [5, 5.41) is 4.79. The van der Waals surface area contributed by atoms with Gasteiger partial charge in [0.15, 0.2) is 0 Å². The van der Waals surface area contributed by atoms with Crippen LogP contribution >= 0.6 is 11.6 Å². The van der Waals surface area contributed by atoms with Gasteiger partial charge in [-0.1, -0.05) is 55.3 Å². The van der Waals surface area contributed by atoms with Crippen LogP contribution in [0.15, 0.2) is 48.5 Å². The molecular formula is C22H25ClN2O3. The molecule has 0 aliphatic heterocycles. The molecule has 3 rings (SSSR count). The quantitative estimate of drug-likeness (QED) is 0.504. The normalized spacial score (nSPS) is 14.8. The minimum absolute atomic E-state index is 0.0640. The lowest BCUT2D eigenvalue weighted by Crippen LogP contribution is -2.49. The van der Waals surface area contributed by atoms with Crippen LogP contribution < -0.4 is 10.4 Å². The zero-order valence-corrected chi connectivity index (χ0v) is 16.7. The third kappa shape index (κ3) is 4.54. The van der Waals surface area contributed by atoms with E-state index in [-0.39, 0.29) is 12.5 Å². The van der Waals surface area contributed by atoms with Crippen LogP contribution in [0.1, 0.15) is 37.3 Å². The van der Waals surface area contributed by atoms with Gasteiger partial charge >= 0.3 is 0 Å². The number of amides is 2. The Kier molecular flexibility index (Phi) is 6.70. The van der Waals surface area contributed by atoms with E-state index >= 15 is 0 Å². The first-order valence-electron chi connectivity index (χ1n) is 9.56. The van der Waals surface area contributed by atoms with Gasteiger partial charge in [0.25, 0.3) is 0 Å². The third-order valence-corrected chi connectivity index (χ3v) is 5.73. The van der Waals surface area contributed by atoms with E-state index in [4.69, 9.17) is 16.4 Å². The van der Waals surface area contributed by atoms with Gasteiger partial charge in [0.05, 0.1) is 17.7 Å². The fourth-order valence-corrected chi connectivity index (χ4v) is 3.49. The molecule has 2 aromatic rings. The number of benzene rings is 2. The molecule has 2 amide bonds. The maximum atomic E-state index is 12.8. The molecule has 1 saturated carbocycles. The highest BCUT2D eigenvalue weighted by Crippen LogP contribution is 2.42. The molecule has 2 aromatic carbocycles. The second-order valence-electron chi connectivity index (χ2n) is 7.13. The summed E-state index contributed by atoms with van der Waals surface area (Å²) in [5.74, 6) is -0.0640. The summed E-state index contributed by atoms with van der Waals surface area (Å²) in [7, 11) is 0. The Morgan fingerprint density at radius 2 is 1.93 bits per heavy atom. The van der Waals surface area contributed by atoms with Crippen LogP contribution in [0.25, 0.3) is 0 Å². The number of hydrogen-bond donors (Lipinski definition) is 1.